The van der Waals surface area contributed by atoms with Gasteiger partial charge < -0.3 is 10.0 Å². The molecule has 18 heavy (non-hydrogen) atoms. The molecule has 0 fully saturated rings. The van der Waals surface area contributed by atoms with Gasteiger partial charge in [0.05, 0.1) is 0 Å². The van der Waals surface area contributed by atoms with Crippen LogP contribution in [0, 0.1) is 0 Å². The number of rotatable bonds is 2. The first-order valence-electron chi connectivity index (χ1n) is 5.99. The highest BCUT2D eigenvalue weighted by molar-refractivity contribution is 6.52. The van der Waals surface area contributed by atoms with Crippen molar-refractivity contribution in [2.75, 3.05) is 0 Å². The maximum Gasteiger partial charge on any atom is 0.484 e. The first kappa shape index (κ1) is 11.3. The Balaban J connectivity index is 2.12. The molecule has 0 heterocycles. The Bertz CT molecular complexity index is 603. The lowest BCUT2D eigenvalue weighted by molar-refractivity contribution is 0.418. The Labute approximate surface area is 106 Å². The summed E-state index contributed by atoms with van der Waals surface area (Å²) >= 11 is 0. The third-order valence-corrected chi connectivity index (χ3v) is 3.34. The van der Waals surface area contributed by atoms with E-state index in [0.29, 0.717) is 11.9 Å². The SMILES string of the molecule is OB(O)C1=Cc2c(cccc2-c2ccccc2)C1. The molecular formula is C15H13BO2. The molecule has 88 valence electrons. The highest BCUT2D eigenvalue weighted by atomic mass is 16.4. The quantitative estimate of drug-likeness (QED) is 0.785. The van der Waals surface area contributed by atoms with Gasteiger partial charge in [-0.1, -0.05) is 54.6 Å². The van der Waals surface area contributed by atoms with Crippen molar-refractivity contribution in [2.45, 2.75) is 6.42 Å². The number of allylic oxidation sites excluding steroid dienone is 1. The molecular weight excluding hydrogens is 223 g/mol. The van der Waals surface area contributed by atoms with E-state index in [-0.39, 0.29) is 0 Å². The maximum atomic E-state index is 9.27. The molecule has 0 saturated carbocycles. The van der Waals surface area contributed by atoms with E-state index >= 15 is 0 Å². The third kappa shape index (κ3) is 1.88. The second kappa shape index (κ2) is 4.44. The summed E-state index contributed by atoms with van der Waals surface area (Å²) in [7, 11) is -1.36. The summed E-state index contributed by atoms with van der Waals surface area (Å²) in [5.41, 5.74) is 5.21. The van der Waals surface area contributed by atoms with Gasteiger partial charge in [-0.2, -0.15) is 0 Å². The first-order valence-corrected chi connectivity index (χ1v) is 5.99. The number of fused-ring (bicyclic) bond motifs is 1. The lowest BCUT2D eigenvalue weighted by atomic mass is 9.78. The fourth-order valence-corrected chi connectivity index (χ4v) is 2.43. The molecule has 0 bridgehead atoms. The van der Waals surface area contributed by atoms with Crippen molar-refractivity contribution in [1.29, 1.82) is 0 Å². The summed E-state index contributed by atoms with van der Waals surface area (Å²) < 4.78 is 0. The van der Waals surface area contributed by atoms with Gasteiger partial charge in [0.15, 0.2) is 0 Å². The van der Waals surface area contributed by atoms with Crippen molar-refractivity contribution in [1.82, 2.24) is 0 Å². The van der Waals surface area contributed by atoms with Crippen LogP contribution in [0.25, 0.3) is 17.2 Å². The van der Waals surface area contributed by atoms with Crippen molar-refractivity contribution in [3.63, 3.8) is 0 Å². The van der Waals surface area contributed by atoms with Crippen LogP contribution < -0.4 is 0 Å². The topological polar surface area (TPSA) is 40.5 Å². The van der Waals surface area contributed by atoms with Crippen molar-refractivity contribution in [3.8, 4) is 11.1 Å². The van der Waals surface area contributed by atoms with Crippen LogP contribution in [0.5, 0.6) is 0 Å². The number of hydrogen-bond acceptors (Lipinski definition) is 2. The minimum absolute atomic E-state index is 0.619. The van der Waals surface area contributed by atoms with Gasteiger partial charge in [0.25, 0.3) is 0 Å². The molecule has 0 saturated heterocycles. The normalized spacial score (nSPS) is 13.1. The van der Waals surface area contributed by atoms with Gasteiger partial charge in [-0.3, -0.25) is 0 Å². The highest BCUT2D eigenvalue weighted by Crippen LogP contribution is 2.34. The Kier molecular flexibility index (Phi) is 2.78. The van der Waals surface area contributed by atoms with E-state index in [2.05, 4.69) is 18.2 Å². The Morgan fingerprint density at radius 3 is 2.39 bits per heavy atom. The highest BCUT2D eigenvalue weighted by Gasteiger charge is 2.23. The second-order valence-electron chi connectivity index (χ2n) is 4.51. The summed E-state index contributed by atoms with van der Waals surface area (Å²) in [6.07, 6.45) is 2.51. The lowest BCUT2D eigenvalue weighted by Gasteiger charge is -2.07. The van der Waals surface area contributed by atoms with Crippen molar-refractivity contribution < 1.29 is 10.0 Å². The summed E-state index contributed by atoms with van der Waals surface area (Å²) in [6, 6.07) is 16.3. The van der Waals surface area contributed by atoms with Crippen LogP contribution >= 0.6 is 0 Å². The molecule has 1 aliphatic rings. The minimum atomic E-state index is -1.36. The number of hydrogen-bond donors (Lipinski definition) is 2. The second-order valence-corrected chi connectivity index (χ2v) is 4.51. The fourth-order valence-electron chi connectivity index (χ4n) is 2.43. The predicted octanol–water partition coefficient (Wildman–Crippen LogP) is 2.31. The monoisotopic (exact) mass is 236 g/mol. The summed E-state index contributed by atoms with van der Waals surface area (Å²) in [5.74, 6) is 0. The van der Waals surface area contributed by atoms with E-state index in [1.54, 1.807) is 0 Å². The van der Waals surface area contributed by atoms with E-state index < -0.39 is 7.12 Å². The van der Waals surface area contributed by atoms with Crippen molar-refractivity contribution >= 4 is 13.2 Å². The minimum Gasteiger partial charge on any atom is -0.423 e. The van der Waals surface area contributed by atoms with E-state index in [9.17, 15) is 10.0 Å². The van der Waals surface area contributed by atoms with E-state index in [0.717, 1.165) is 22.3 Å². The van der Waals surface area contributed by atoms with Crippen LogP contribution in [0.3, 0.4) is 0 Å². The molecule has 1 aliphatic carbocycles. The molecule has 2 nitrogen and oxygen atoms in total. The van der Waals surface area contributed by atoms with Crippen LogP contribution in [0.15, 0.2) is 54.0 Å². The van der Waals surface area contributed by atoms with E-state index in [1.165, 1.54) is 0 Å². The molecule has 2 aromatic carbocycles. The summed E-state index contributed by atoms with van der Waals surface area (Å²) in [5, 5.41) is 18.5. The average Bonchev–Trinajstić information content (AvgIpc) is 2.83. The fraction of sp³-hybridized carbons (Fsp3) is 0.0667. The third-order valence-electron chi connectivity index (χ3n) is 3.34. The van der Waals surface area contributed by atoms with Crippen molar-refractivity contribution in [2.24, 2.45) is 0 Å². The molecule has 2 aromatic rings. The summed E-state index contributed by atoms with van der Waals surface area (Å²) in [4.78, 5) is 0. The Morgan fingerprint density at radius 2 is 1.67 bits per heavy atom. The van der Waals surface area contributed by atoms with Crippen LogP contribution in [-0.4, -0.2) is 17.2 Å². The molecule has 2 N–H and O–H groups in total. The van der Waals surface area contributed by atoms with E-state index in [1.807, 2.05) is 36.4 Å². The van der Waals surface area contributed by atoms with E-state index in [4.69, 9.17) is 0 Å². The van der Waals surface area contributed by atoms with Gasteiger partial charge >= 0.3 is 7.12 Å². The molecule has 0 amide bonds. The lowest BCUT2D eigenvalue weighted by Crippen LogP contribution is -2.14. The number of benzene rings is 2. The van der Waals surface area contributed by atoms with Gasteiger partial charge in [-0.15, -0.1) is 0 Å². The van der Waals surface area contributed by atoms with Gasteiger partial charge in [0, 0.05) is 0 Å². The standard InChI is InChI=1S/C15H13BO2/c17-16(18)13-9-12-7-4-8-14(15(12)10-13)11-5-2-1-3-6-11/h1-8,10,17-18H,9H2. The van der Waals surface area contributed by atoms with Crippen LogP contribution in [0.2, 0.25) is 0 Å². The van der Waals surface area contributed by atoms with Crippen LogP contribution in [0.4, 0.5) is 0 Å². The van der Waals surface area contributed by atoms with Gasteiger partial charge in [0.2, 0.25) is 0 Å². The summed E-state index contributed by atoms with van der Waals surface area (Å²) in [6.45, 7) is 0. The molecule has 0 atom stereocenters. The van der Waals surface area contributed by atoms with Gasteiger partial charge in [0.1, 0.15) is 0 Å². The van der Waals surface area contributed by atoms with Gasteiger partial charge in [-0.25, -0.2) is 0 Å². The van der Waals surface area contributed by atoms with Gasteiger partial charge in [-0.05, 0) is 34.1 Å². The zero-order chi connectivity index (χ0) is 12.5. The Morgan fingerprint density at radius 1 is 0.889 bits per heavy atom. The molecule has 0 aromatic heterocycles. The van der Waals surface area contributed by atoms with Crippen LogP contribution in [-0.2, 0) is 6.42 Å². The zero-order valence-corrected chi connectivity index (χ0v) is 9.88. The molecule has 0 unspecified atom stereocenters. The Hall–Kier alpha value is -1.84. The molecule has 3 heteroatoms. The molecule has 0 aliphatic heterocycles. The molecule has 3 rings (SSSR count). The maximum absolute atomic E-state index is 9.27. The largest absolute Gasteiger partial charge is 0.484 e. The van der Waals surface area contributed by atoms with Crippen LogP contribution in [0.1, 0.15) is 11.1 Å². The zero-order valence-electron chi connectivity index (χ0n) is 9.88. The smallest absolute Gasteiger partial charge is 0.423 e. The van der Waals surface area contributed by atoms with Crippen molar-refractivity contribution in [3.05, 3.63) is 65.1 Å². The molecule has 0 radical (unpaired) electrons. The molecule has 0 spiro atoms. The average molecular weight is 236 g/mol. The predicted molar refractivity (Wildman–Crippen MR) is 73.8 cm³/mol. The first-order chi connectivity index (χ1) is 8.75.